The van der Waals surface area contributed by atoms with Gasteiger partial charge in [0, 0.05) is 48.7 Å². The van der Waals surface area contributed by atoms with Crippen LogP contribution in [-0.2, 0) is 18.7 Å². The fraction of sp³-hybridized carbons (Fsp3) is 0.462. The number of hydrogen-bond acceptors (Lipinski definition) is 9. The molecule has 1 saturated carbocycles. The number of β-lactam (4-membered cyclic amide) rings is 1. The van der Waals surface area contributed by atoms with E-state index in [0.717, 1.165) is 35.6 Å². The molecule has 14 nitrogen and oxygen atoms in total. The first-order valence-electron chi connectivity index (χ1n) is 13.5. The number of carbonyl (C=O) groups excluding carboxylic acids is 1. The highest BCUT2D eigenvalue weighted by molar-refractivity contribution is 8.04. The van der Waals surface area contributed by atoms with Crippen molar-refractivity contribution in [3.8, 4) is 0 Å². The first kappa shape index (κ1) is 29.8. The van der Waals surface area contributed by atoms with Gasteiger partial charge < -0.3 is 29.7 Å². The number of aromatic carboxylic acids is 1. The maximum atomic E-state index is 15.3. The number of rotatable bonds is 9. The standard InChI is InChI=1S/C26H28FN4O10PS/c1-12(32)20-23(34)31-21(26(37)38)19(43-24(20)31)11-41-42(39,40)29-6-4-28(5-7-29)18-9-17-14(8-16(18)27)22(33)15(25(35)36)10-30(17)13-2-3-13/h8-10,12-13,20,24,32H,2-7,11H2,1H3,(H,35,36)(H,37,38)(H,39,40). The number of amides is 1. The molecule has 0 bridgehead atoms. The maximum Gasteiger partial charge on any atom is 0.406 e. The van der Waals surface area contributed by atoms with E-state index in [1.54, 1.807) is 9.47 Å². The molecule has 3 aliphatic heterocycles. The zero-order chi connectivity index (χ0) is 31.0. The van der Waals surface area contributed by atoms with Crippen LogP contribution in [0.25, 0.3) is 10.9 Å². The monoisotopic (exact) mass is 638 g/mol. The van der Waals surface area contributed by atoms with Crippen LogP contribution in [0.2, 0.25) is 0 Å². The van der Waals surface area contributed by atoms with Crippen LogP contribution in [-0.4, -0.2) is 96.5 Å². The van der Waals surface area contributed by atoms with Gasteiger partial charge in [0.25, 0.3) is 0 Å². The van der Waals surface area contributed by atoms with Crippen molar-refractivity contribution in [2.24, 2.45) is 5.92 Å². The number of carbonyl (C=O) groups is 3. The van der Waals surface area contributed by atoms with Gasteiger partial charge in [0.15, 0.2) is 0 Å². The van der Waals surface area contributed by atoms with Gasteiger partial charge in [0.1, 0.15) is 22.5 Å². The van der Waals surface area contributed by atoms with Gasteiger partial charge in [-0.25, -0.2) is 23.2 Å². The number of aliphatic hydroxyl groups excluding tert-OH is 1. The summed E-state index contributed by atoms with van der Waals surface area (Å²) in [5.41, 5.74) is -0.970. The van der Waals surface area contributed by atoms with E-state index in [4.69, 9.17) is 4.52 Å². The van der Waals surface area contributed by atoms with Gasteiger partial charge in [0.2, 0.25) is 11.3 Å². The Bertz CT molecular complexity index is 1700. The normalized spacial score (nSPS) is 24.6. The van der Waals surface area contributed by atoms with E-state index in [1.807, 2.05) is 0 Å². The van der Waals surface area contributed by atoms with Crippen molar-refractivity contribution in [1.29, 1.82) is 0 Å². The average molecular weight is 639 g/mol. The first-order valence-corrected chi connectivity index (χ1v) is 15.9. The molecule has 4 aliphatic rings. The quantitative estimate of drug-likeness (QED) is 0.229. The lowest BCUT2D eigenvalue weighted by molar-refractivity contribution is -0.156. The van der Waals surface area contributed by atoms with Crippen LogP contribution >= 0.6 is 19.5 Å². The largest absolute Gasteiger partial charge is 0.477 e. The van der Waals surface area contributed by atoms with E-state index >= 15 is 4.39 Å². The number of fused-ring (bicyclic) bond motifs is 2. The van der Waals surface area contributed by atoms with Crippen molar-refractivity contribution in [3.05, 3.63) is 50.5 Å². The lowest BCUT2D eigenvalue weighted by Crippen LogP contribution is -2.60. The minimum Gasteiger partial charge on any atom is -0.477 e. The predicted octanol–water partition coefficient (Wildman–Crippen LogP) is 1.62. The molecule has 3 fully saturated rings. The number of nitrogens with zero attached hydrogens (tertiary/aromatic N) is 4. The molecule has 4 unspecified atom stereocenters. The summed E-state index contributed by atoms with van der Waals surface area (Å²) in [5.74, 6) is -4.84. The Hall–Kier alpha value is -3.27. The molecule has 4 N–H and O–H groups in total. The van der Waals surface area contributed by atoms with Gasteiger partial charge in [-0.2, -0.15) is 0 Å². The summed E-state index contributed by atoms with van der Waals surface area (Å²) in [7, 11) is -4.43. The molecule has 2 aromatic rings. The molecule has 17 heteroatoms. The Balaban J connectivity index is 1.16. The first-order chi connectivity index (χ1) is 20.3. The van der Waals surface area contributed by atoms with Gasteiger partial charge in [-0.1, -0.05) is 11.8 Å². The summed E-state index contributed by atoms with van der Waals surface area (Å²) in [6, 6.07) is 2.54. The second-order valence-corrected chi connectivity index (χ2v) is 13.9. The van der Waals surface area contributed by atoms with Gasteiger partial charge in [-0.3, -0.25) is 19.0 Å². The SMILES string of the molecule is CC(O)C1C(=O)N2C(C(=O)O)=C(COP(=O)(O)N3CCN(c4cc5c(cc4F)c(=O)c(C(=O)O)cn5C4CC4)CC3)SC12. The van der Waals surface area contributed by atoms with Crippen LogP contribution in [0.3, 0.4) is 0 Å². The van der Waals surface area contributed by atoms with E-state index in [9.17, 15) is 44.0 Å². The fourth-order valence-electron chi connectivity index (χ4n) is 5.78. The predicted molar refractivity (Wildman–Crippen MR) is 151 cm³/mol. The summed E-state index contributed by atoms with van der Waals surface area (Å²) in [5, 5.41) is 28.3. The summed E-state index contributed by atoms with van der Waals surface area (Å²) in [4.78, 5) is 62.1. The minimum absolute atomic E-state index is 0.00600. The molecule has 4 atom stereocenters. The number of thioether (sulfide) groups is 1. The smallest absolute Gasteiger partial charge is 0.406 e. The van der Waals surface area contributed by atoms with Gasteiger partial charge in [-0.15, -0.1) is 0 Å². The topological polar surface area (TPSA) is 190 Å². The number of pyridine rings is 1. The van der Waals surface area contributed by atoms with Crippen molar-refractivity contribution in [1.82, 2.24) is 14.1 Å². The molecule has 0 radical (unpaired) electrons. The molecular formula is C26H28FN4O10PS. The van der Waals surface area contributed by atoms with Gasteiger partial charge >= 0.3 is 19.7 Å². The van der Waals surface area contributed by atoms with Crippen LogP contribution in [0.15, 0.2) is 33.7 Å². The highest BCUT2D eigenvalue weighted by atomic mass is 32.2. The minimum atomic E-state index is -4.43. The number of benzene rings is 1. The van der Waals surface area contributed by atoms with Gasteiger partial charge in [0.05, 0.1) is 29.8 Å². The van der Waals surface area contributed by atoms with E-state index in [1.165, 1.54) is 23.9 Å². The maximum absolute atomic E-state index is 15.3. The van der Waals surface area contributed by atoms with Gasteiger partial charge in [-0.05, 0) is 31.9 Å². The van der Waals surface area contributed by atoms with Crippen LogP contribution in [0.1, 0.15) is 36.2 Å². The Labute approximate surface area is 247 Å². The number of aromatic nitrogens is 1. The van der Waals surface area contributed by atoms with Crippen molar-refractivity contribution < 1.29 is 48.1 Å². The number of carboxylic acid groups (broad SMARTS) is 2. The zero-order valence-electron chi connectivity index (χ0n) is 22.8. The third kappa shape index (κ3) is 5.05. The average Bonchev–Trinajstić information content (AvgIpc) is 3.73. The summed E-state index contributed by atoms with van der Waals surface area (Å²) < 4.78 is 36.6. The molecular weight excluding hydrogens is 610 g/mol. The van der Waals surface area contributed by atoms with Crippen molar-refractivity contribution in [3.63, 3.8) is 0 Å². The Kier molecular flexibility index (Phi) is 7.42. The number of piperazine rings is 1. The van der Waals surface area contributed by atoms with E-state index in [2.05, 4.69) is 0 Å². The molecule has 1 aliphatic carbocycles. The molecule has 0 spiro atoms. The van der Waals surface area contributed by atoms with Crippen LogP contribution < -0.4 is 10.3 Å². The van der Waals surface area contributed by atoms with Crippen LogP contribution in [0, 0.1) is 11.7 Å². The second kappa shape index (κ2) is 10.7. The van der Waals surface area contributed by atoms with Crippen LogP contribution in [0.5, 0.6) is 0 Å². The molecule has 43 heavy (non-hydrogen) atoms. The molecule has 1 aromatic carbocycles. The number of aliphatic hydroxyl groups is 1. The van der Waals surface area contributed by atoms with Crippen molar-refractivity contribution in [2.75, 3.05) is 37.7 Å². The molecule has 1 aromatic heterocycles. The molecule has 230 valence electrons. The second-order valence-electron chi connectivity index (χ2n) is 10.9. The Morgan fingerprint density at radius 1 is 1.14 bits per heavy atom. The summed E-state index contributed by atoms with van der Waals surface area (Å²) >= 11 is 0.997. The highest BCUT2D eigenvalue weighted by Gasteiger charge is 2.57. The molecule has 2 saturated heterocycles. The number of hydrogen-bond donors (Lipinski definition) is 4. The number of carboxylic acids is 2. The molecule has 4 heterocycles. The lowest BCUT2D eigenvalue weighted by Gasteiger charge is -2.43. The number of halogens is 1. The Morgan fingerprint density at radius 3 is 2.40 bits per heavy atom. The van der Waals surface area contributed by atoms with E-state index in [0.29, 0.717) is 5.52 Å². The third-order valence-electron chi connectivity index (χ3n) is 8.16. The van der Waals surface area contributed by atoms with Crippen molar-refractivity contribution >= 4 is 53.9 Å². The number of aliphatic carboxylic acids is 1. The molecule has 1 amide bonds. The Morgan fingerprint density at radius 2 is 1.81 bits per heavy atom. The third-order valence-corrected chi connectivity index (χ3v) is 11.1. The molecule has 6 rings (SSSR count). The van der Waals surface area contributed by atoms with E-state index in [-0.39, 0.29) is 53.9 Å². The fourth-order valence-corrected chi connectivity index (χ4v) is 8.53. The zero-order valence-corrected chi connectivity index (χ0v) is 24.5. The van der Waals surface area contributed by atoms with Crippen LogP contribution in [0.4, 0.5) is 10.1 Å². The number of anilines is 1. The summed E-state index contributed by atoms with van der Waals surface area (Å²) in [6.45, 7) is 1.12. The summed E-state index contributed by atoms with van der Waals surface area (Å²) in [6.07, 6.45) is 1.90. The van der Waals surface area contributed by atoms with Crippen molar-refractivity contribution in [2.45, 2.75) is 37.3 Å². The lowest BCUT2D eigenvalue weighted by atomic mass is 9.92. The van der Waals surface area contributed by atoms with E-state index < -0.39 is 66.4 Å². The highest BCUT2D eigenvalue weighted by Crippen LogP contribution is 2.53.